The van der Waals surface area contributed by atoms with Gasteiger partial charge in [0, 0.05) is 31.9 Å². The van der Waals surface area contributed by atoms with E-state index in [9.17, 15) is 13.6 Å². The highest BCUT2D eigenvalue weighted by Gasteiger charge is 2.29. The SMILES string of the molecule is CCCc1cc(C(=O)N2CCN(C(c3ccc(F)cc3)c3ccc(F)cc3)CC2)n[nH]1. The van der Waals surface area contributed by atoms with Crippen LogP contribution in [0.5, 0.6) is 0 Å². The molecule has 0 unspecified atom stereocenters. The maximum absolute atomic E-state index is 13.5. The third-order valence-electron chi connectivity index (χ3n) is 5.71. The molecular formula is C24H26F2N4O. The van der Waals surface area contributed by atoms with E-state index in [-0.39, 0.29) is 23.6 Å². The minimum absolute atomic E-state index is 0.0710. The van der Waals surface area contributed by atoms with Crippen molar-refractivity contribution in [2.75, 3.05) is 26.2 Å². The summed E-state index contributed by atoms with van der Waals surface area (Å²) >= 11 is 0. The second kappa shape index (κ2) is 9.39. The standard InChI is InChI=1S/C24H26F2N4O/c1-2-3-21-16-22(28-27-21)24(31)30-14-12-29(13-15-30)23(17-4-8-19(25)9-5-17)18-6-10-20(26)11-7-18/h4-11,16,23H,2-3,12-15H2,1H3,(H,27,28). The lowest BCUT2D eigenvalue weighted by molar-refractivity contribution is 0.0591. The van der Waals surface area contributed by atoms with Crippen LogP contribution in [-0.4, -0.2) is 52.1 Å². The van der Waals surface area contributed by atoms with Crippen LogP contribution in [0.2, 0.25) is 0 Å². The monoisotopic (exact) mass is 424 g/mol. The molecule has 0 atom stereocenters. The number of carbonyl (C=O) groups is 1. The Morgan fingerprint density at radius 1 is 0.968 bits per heavy atom. The van der Waals surface area contributed by atoms with Crippen LogP contribution in [0, 0.1) is 11.6 Å². The molecular weight excluding hydrogens is 398 g/mol. The number of aryl methyl sites for hydroxylation is 1. The van der Waals surface area contributed by atoms with Gasteiger partial charge in [-0.25, -0.2) is 8.78 Å². The first-order valence-electron chi connectivity index (χ1n) is 10.6. The Morgan fingerprint density at radius 3 is 2.03 bits per heavy atom. The molecule has 4 rings (SSSR count). The molecule has 1 N–H and O–H groups in total. The molecule has 1 aliphatic rings. The number of hydrogen-bond donors (Lipinski definition) is 1. The molecule has 1 aliphatic heterocycles. The van der Waals surface area contributed by atoms with Crippen LogP contribution in [0.4, 0.5) is 8.78 Å². The fourth-order valence-electron chi connectivity index (χ4n) is 4.12. The van der Waals surface area contributed by atoms with Gasteiger partial charge >= 0.3 is 0 Å². The molecule has 1 saturated heterocycles. The summed E-state index contributed by atoms with van der Waals surface area (Å²) in [5, 5.41) is 7.11. The number of hydrogen-bond acceptors (Lipinski definition) is 3. The molecule has 1 fully saturated rings. The van der Waals surface area contributed by atoms with E-state index in [1.54, 1.807) is 24.3 Å². The lowest BCUT2D eigenvalue weighted by Gasteiger charge is -2.39. The number of piperazine rings is 1. The van der Waals surface area contributed by atoms with E-state index in [0.29, 0.717) is 31.9 Å². The minimum Gasteiger partial charge on any atom is -0.335 e. The number of nitrogens with zero attached hydrogens (tertiary/aromatic N) is 3. The smallest absolute Gasteiger partial charge is 0.274 e. The summed E-state index contributed by atoms with van der Waals surface area (Å²) in [6.07, 6.45) is 1.85. The zero-order valence-electron chi connectivity index (χ0n) is 17.5. The highest BCUT2D eigenvalue weighted by Crippen LogP contribution is 2.30. The Morgan fingerprint density at radius 2 is 1.52 bits per heavy atom. The molecule has 162 valence electrons. The van der Waals surface area contributed by atoms with E-state index in [1.165, 1.54) is 24.3 Å². The van der Waals surface area contributed by atoms with E-state index < -0.39 is 0 Å². The van der Waals surface area contributed by atoms with Gasteiger partial charge in [-0.2, -0.15) is 5.10 Å². The molecule has 7 heteroatoms. The molecule has 0 radical (unpaired) electrons. The van der Waals surface area contributed by atoms with Gasteiger partial charge in [0.15, 0.2) is 0 Å². The summed E-state index contributed by atoms with van der Waals surface area (Å²) in [6.45, 7) is 4.51. The number of carbonyl (C=O) groups excluding carboxylic acids is 1. The Labute approximate surface area is 180 Å². The normalized spacial score (nSPS) is 14.9. The molecule has 0 aliphatic carbocycles. The van der Waals surface area contributed by atoms with Crippen LogP contribution >= 0.6 is 0 Å². The lowest BCUT2D eigenvalue weighted by atomic mass is 9.96. The topological polar surface area (TPSA) is 52.2 Å². The molecule has 31 heavy (non-hydrogen) atoms. The number of halogens is 2. The zero-order valence-corrected chi connectivity index (χ0v) is 17.5. The summed E-state index contributed by atoms with van der Waals surface area (Å²) in [4.78, 5) is 16.9. The zero-order chi connectivity index (χ0) is 21.8. The van der Waals surface area contributed by atoms with Gasteiger partial charge in [0.05, 0.1) is 6.04 Å². The number of rotatable bonds is 6. The molecule has 0 saturated carbocycles. The molecule has 5 nitrogen and oxygen atoms in total. The lowest BCUT2D eigenvalue weighted by Crippen LogP contribution is -2.50. The van der Waals surface area contributed by atoms with Gasteiger partial charge in [-0.15, -0.1) is 0 Å². The molecule has 1 aromatic heterocycles. The van der Waals surface area contributed by atoms with E-state index in [4.69, 9.17) is 0 Å². The van der Waals surface area contributed by atoms with Crippen LogP contribution in [0.25, 0.3) is 0 Å². The molecule has 0 spiro atoms. The van der Waals surface area contributed by atoms with E-state index >= 15 is 0 Å². The summed E-state index contributed by atoms with van der Waals surface area (Å²) in [5.41, 5.74) is 3.29. The van der Waals surface area contributed by atoms with Crippen molar-refractivity contribution in [2.45, 2.75) is 25.8 Å². The van der Waals surface area contributed by atoms with E-state index in [1.807, 2.05) is 11.0 Å². The van der Waals surface area contributed by atoms with Crippen LogP contribution < -0.4 is 0 Å². The number of benzene rings is 2. The van der Waals surface area contributed by atoms with Crippen molar-refractivity contribution < 1.29 is 13.6 Å². The highest BCUT2D eigenvalue weighted by atomic mass is 19.1. The van der Waals surface area contributed by atoms with Crippen molar-refractivity contribution in [3.05, 3.63) is 88.7 Å². The molecule has 3 aromatic rings. The van der Waals surface area contributed by atoms with Crippen LogP contribution in [0.15, 0.2) is 54.6 Å². The largest absolute Gasteiger partial charge is 0.335 e. The molecule has 2 heterocycles. The molecule has 2 aromatic carbocycles. The summed E-state index contributed by atoms with van der Waals surface area (Å²) in [6, 6.07) is 14.5. The quantitative estimate of drug-likeness (QED) is 0.646. The fourth-order valence-corrected chi connectivity index (χ4v) is 4.12. The van der Waals surface area contributed by atoms with Crippen molar-refractivity contribution in [3.63, 3.8) is 0 Å². The van der Waals surface area contributed by atoms with Crippen LogP contribution in [0.1, 0.15) is 46.7 Å². The Balaban J connectivity index is 1.50. The average molecular weight is 424 g/mol. The molecule has 1 amide bonds. The highest BCUT2D eigenvalue weighted by molar-refractivity contribution is 5.92. The van der Waals surface area contributed by atoms with Gasteiger partial charge in [-0.3, -0.25) is 14.8 Å². The second-order valence-corrected chi connectivity index (χ2v) is 7.86. The Hall–Kier alpha value is -3.06. The van der Waals surface area contributed by atoms with E-state index in [2.05, 4.69) is 22.0 Å². The first-order valence-corrected chi connectivity index (χ1v) is 10.6. The van der Waals surface area contributed by atoms with E-state index in [0.717, 1.165) is 29.7 Å². The second-order valence-electron chi connectivity index (χ2n) is 7.86. The third kappa shape index (κ3) is 4.82. The number of aromatic nitrogens is 2. The van der Waals surface area contributed by atoms with Gasteiger partial charge in [-0.05, 0) is 47.9 Å². The summed E-state index contributed by atoms with van der Waals surface area (Å²) < 4.78 is 27.0. The predicted octanol–water partition coefficient (Wildman–Crippen LogP) is 4.19. The van der Waals surface area contributed by atoms with Crippen LogP contribution in [-0.2, 0) is 6.42 Å². The van der Waals surface area contributed by atoms with Gasteiger partial charge in [-0.1, -0.05) is 37.6 Å². The predicted molar refractivity (Wildman–Crippen MR) is 115 cm³/mol. The first-order chi connectivity index (χ1) is 15.0. The van der Waals surface area contributed by atoms with Crippen molar-refractivity contribution in [1.82, 2.24) is 20.0 Å². The maximum atomic E-state index is 13.5. The third-order valence-corrected chi connectivity index (χ3v) is 5.71. The Kier molecular flexibility index (Phi) is 6.42. The Bertz CT molecular complexity index is 963. The summed E-state index contributed by atoms with van der Waals surface area (Å²) in [7, 11) is 0. The van der Waals surface area contributed by atoms with Gasteiger partial charge in [0.25, 0.3) is 5.91 Å². The number of H-pyrrole nitrogens is 1. The summed E-state index contributed by atoms with van der Waals surface area (Å²) in [5.74, 6) is -0.657. The minimum atomic E-state index is -0.293. The molecule has 0 bridgehead atoms. The van der Waals surface area contributed by atoms with Gasteiger partial charge in [0.2, 0.25) is 0 Å². The van der Waals surface area contributed by atoms with Crippen molar-refractivity contribution in [3.8, 4) is 0 Å². The number of nitrogens with one attached hydrogen (secondary N) is 1. The van der Waals surface area contributed by atoms with Gasteiger partial charge in [0.1, 0.15) is 17.3 Å². The van der Waals surface area contributed by atoms with Crippen LogP contribution in [0.3, 0.4) is 0 Å². The maximum Gasteiger partial charge on any atom is 0.274 e. The van der Waals surface area contributed by atoms with Crippen molar-refractivity contribution >= 4 is 5.91 Å². The van der Waals surface area contributed by atoms with Crippen molar-refractivity contribution in [1.29, 1.82) is 0 Å². The number of amides is 1. The van der Waals surface area contributed by atoms with Crippen molar-refractivity contribution in [2.24, 2.45) is 0 Å². The van der Waals surface area contributed by atoms with Gasteiger partial charge < -0.3 is 4.90 Å². The fraction of sp³-hybridized carbons (Fsp3) is 0.333. The average Bonchev–Trinajstić information content (AvgIpc) is 3.25. The number of aromatic amines is 1. The first kappa shape index (κ1) is 21.2.